The van der Waals surface area contributed by atoms with Crippen LogP contribution in [0.4, 0.5) is 0 Å². The normalized spacial score (nSPS) is 15.4. The van der Waals surface area contributed by atoms with Crippen molar-refractivity contribution in [3.63, 3.8) is 0 Å². The second kappa shape index (κ2) is 3.13. The maximum Gasteiger partial charge on any atom is -0.147 e. The maximum atomic E-state index is 8.84. The van der Waals surface area contributed by atoms with Crippen molar-refractivity contribution in [1.29, 1.82) is 0 Å². The van der Waals surface area contributed by atoms with E-state index < -0.39 is 7.28 Å². The van der Waals surface area contributed by atoms with Crippen LogP contribution in [-0.2, 0) is 0 Å². The first kappa shape index (κ1) is 12.3. The van der Waals surface area contributed by atoms with Crippen molar-refractivity contribution in [2.75, 3.05) is 12.3 Å². The number of hydrogen-bond acceptors (Lipinski definition) is 3. The van der Waals surface area contributed by atoms with E-state index in [9.17, 15) is 0 Å². The molecule has 0 atom stereocenters. The Morgan fingerprint density at radius 2 is 1.22 bits per heavy atom. The van der Waals surface area contributed by atoms with Gasteiger partial charge in [-0.25, -0.2) is 0 Å². The van der Waals surface area contributed by atoms with Gasteiger partial charge in [0.15, 0.2) is 0 Å². The van der Waals surface area contributed by atoms with Crippen LogP contribution < -0.4 is 0 Å². The van der Waals surface area contributed by atoms with Gasteiger partial charge in [0.25, 0.3) is 0 Å². The van der Waals surface area contributed by atoms with Crippen LogP contribution >= 0.6 is 19.7 Å². The molecule has 0 fully saturated rings. The summed E-state index contributed by atoms with van der Waals surface area (Å²) in [4.78, 5) is 26.5. The summed E-state index contributed by atoms with van der Waals surface area (Å²) in [6.45, 7) is 3.11. The van der Waals surface area contributed by atoms with E-state index in [-0.39, 0.29) is 24.7 Å². The van der Waals surface area contributed by atoms with Crippen LogP contribution in [0.5, 0.6) is 0 Å². The first-order valence-corrected chi connectivity index (χ1v) is 5.11. The van der Waals surface area contributed by atoms with E-state index in [4.69, 9.17) is 14.7 Å². The zero-order valence-electron chi connectivity index (χ0n) is 5.61. The van der Waals surface area contributed by atoms with Gasteiger partial charge in [-0.1, -0.05) is 0 Å². The van der Waals surface area contributed by atoms with Gasteiger partial charge in [-0.15, -0.1) is 12.4 Å². The largest absolute Gasteiger partial charge is 0.147 e. The second-order valence-corrected chi connectivity index (χ2v) is 5.92. The third-order valence-electron chi connectivity index (χ3n) is 1.30. The van der Waals surface area contributed by atoms with E-state index >= 15 is 0 Å². The molecule has 0 bridgehead atoms. The van der Waals surface area contributed by atoms with Crippen molar-refractivity contribution in [2.45, 2.75) is 13.8 Å². The van der Waals surface area contributed by atoms with Crippen LogP contribution in [0.25, 0.3) is 0 Å². The Bertz CT molecular complexity index is 79.5. The first-order chi connectivity index (χ1) is 3.39. The van der Waals surface area contributed by atoms with Crippen molar-refractivity contribution in [3.05, 3.63) is 0 Å². The average Bonchev–Trinajstić information content (AvgIpc) is 1.68. The summed E-state index contributed by atoms with van der Waals surface area (Å²) in [5.41, 5.74) is 0. The monoisotopic (exact) mass is 176 g/mol. The van der Waals surface area contributed by atoms with Crippen LogP contribution in [0.15, 0.2) is 0 Å². The number of rotatable bonds is 2. The molecule has 0 aromatic heterocycles. The van der Waals surface area contributed by atoms with E-state index in [2.05, 4.69) is 0 Å². The quantitative estimate of drug-likeness (QED) is 0.544. The fourth-order valence-electron chi connectivity index (χ4n) is 0.224. The van der Waals surface area contributed by atoms with E-state index in [0.717, 1.165) is 0 Å². The van der Waals surface area contributed by atoms with E-state index in [1.807, 2.05) is 0 Å². The minimum Gasteiger partial charge on any atom is -0.147 e. The summed E-state index contributed by atoms with van der Waals surface area (Å²) < 4.78 is 0. The Morgan fingerprint density at radius 1 is 1.00 bits per heavy atom. The van der Waals surface area contributed by atoms with Crippen LogP contribution in [0.3, 0.4) is 0 Å². The molecular weight excluding hydrogens is 162 g/mol. The Hall–Kier alpha value is 0.600. The molecule has 0 aromatic rings. The Kier molecular flexibility index (Phi) is 4.27. The Morgan fingerprint density at radius 3 is 1.22 bits per heavy atom. The van der Waals surface area contributed by atoms with Crippen LogP contribution in [0, 0.1) is 0 Å². The molecule has 0 saturated carbocycles. The first-order valence-electron chi connectivity index (χ1n) is 2.65. The molecule has 9 heavy (non-hydrogen) atoms. The van der Waals surface area contributed by atoms with Crippen molar-refractivity contribution in [2.24, 2.45) is 0 Å². The van der Waals surface area contributed by atoms with E-state index in [1.165, 1.54) is 0 Å². The van der Waals surface area contributed by atoms with Gasteiger partial charge in [0, 0.05) is 0 Å². The molecule has 0 amide bonds. The van der Waals surface area contributed by atoms with Gasteiger partial charge in [-0.2, -0.15) is 0 Å². The topological polar surface area (TPSA) is 60.7 Å². The molecule has 0 radical (unpaired) electrons. The van der Waals surface area contributed by atoms with Gasteiger partial charge in [0.2, 0.25) is 0 Å². The summed E-state index contributed by atoms with van der Waals surface area (Å²) in [5, 5.41) is 0. The van der Waals surface area contributed by atoms with E-state index in [0.29, 0.717) is 0 Å². The van der Waals surface area contributed by atoms with E-state index in [1.54, 1.807) is 13.8 Å². The fraction of sp³-hybridized carbons (Fsp3) is 1.00. The van der Waals surface area contributed by atoms with Crippen molar-refractivity contribution in [3.8, 4) is 0 Å². The Balaban J connectivity index is 0. The smallest absolute Gasteiger partial charge is 0.147 e. The number of halogens is 1. The zero-order valence-corrected chi connectivity index (χ0v) is 7.32. The molecule has 3 N–H and O–H groups in total. The van der Waals surface area contributed by atoms with Gasteiger partial charge < -0.3 is 0 Å². The van der Waals surface area contributed by atoms with Crippen LogP contribution in [0.1, 0.15) is 13.8 Å². The number of hydrogen-bond donors (Lipinski definition) is 3. The van der Waals surface area contributed by atoms with Crippen molar-refractivity contribution >= 4 is 19.7 Å². The molecule has 0 aliphatic rings. The second-order valence-electron chi connectivity index (χ2n) is 1.97. The summed E-state index contributed by atoms with van der Waals surface area (Å²) >= 11 is 0. The summed E-state index contributed by atoms with van der Waals surface area (Å²) in [6, 6.07) is 0. The standard InChI is InChI=1S/C4H13O3P.ClH/c1-3-8(5,6,7)4-2;/h5-7H,3-4H2,1-2H3;1H. The third-order valence-corrected chi connectivity index (χ3v) is 3.89. The molecular formula is C4H14ClO3P. The molecule has 0 spiro atoms. The summed E-state index contributed by atoms with van der Waals surface area (Å²) in [7, 11) is -4.10. The van der Waals surface area contributed by atoms with Crippen LogP contribution in [0.2, 0.25) is 0 Å². The molecule has 0 aromatic carbocycles. The third kappa shape index (κ3) is 5.07. The molecule has 3 nitrogen and oxygen atoms in total. The predicted octanol–water partition coefficient (Wildman–Crippen LogP) is 0.723. The van der Waals surface area contributed by atoms with Gasteiger partial charge in [0.05, 0.1) is 0 Å². The van der Waals surface area contributed by atoms with Crippen LogP contribution in [-0.4, -0.2) is 27.0 Å². The predicted molar refractivity (Wildman–Crippen MR) is 41.9 cm³/mol. The van der Waals surface area contributed by atoms with Gasteiger partial charge in [-0.05, 0) is 0 Å². The molecule has 0 aliphatic heterocycles. The van der Waals surface area contributed by atoms with Crippen molar-refractivity contribution < 1.29 is 14.7 Å². The summed E-state index contributed by atoms with van der Waals surface area (Å²) in [6.07, 6.45) is 0.115. The molecule has 0 aliphatic carbocycles. The van der Waals surface area contributed by atoms with Gasteiger partial charge >= 0.3 is 48.1 Å². The average molecular weight is 177 g/mol. The molecule has 5 heteroatoms. The van der Waals surface area contributed by atoms with Gasteiger partial charge in [-0.3, -0.25) is 0 Å². The molecule has 60 valence electrons. The SMILES string of the molecule is CCP(O)(O)(O)CC.Cl. The van der Waals surface area contributed by atoms with Gasteiger partial charge in [0.1, 0.15) is 0 Å². The van der Waals surface area contributed by atoms with Crippen molar-refractivity contribution in [1.82, 2.24) is 0 Å². The molecule has 0 rings (SSSR count). The molecule has 0 heterocycles. The summed E-state index contributed by atoms with van der Waals surface area (Å²) in [5.74, 6) is 0. The molecule has 0 saturated heterocycles. The maximum absolute atomic E-state index is 8.84. The zero-order chi connectivity index (χ0) is 6.86. The molecule has 0 unspecified atom stereocenters. The fourth-order valence-corrected chi connectivity index (χ4v) is 0.671. The Labute approximate surface area is 61.3 Å². The minimum atomic E-state index is -4.10. The minimum absolute atomic E-state index is 0.